The van der Waals surface area contributed by atoms with Crippen molar-refractivity contribution in [2.45, 2.75) is 6.54 Å². The molecule has 1 aliphatic heterocycles. The van der Waals surface area contributed by atoms with Gasteiger partial charge in [-0.1, -0.05) is 41.0 Å². The quantitative estimate of drug-likeness (QED) is 0.215. The van der Waals surface area contributed by atoms with Gasteiger partial charge in [-0.25, -0.2) is 4.79 Å². The molecule has 0 unspecified atom stereocenters. The van der Waals surface area contributed by atoms with Gasteiger partial charge >= 0.3 is 5.97 Å². The number of ketones is 1. The molecule has 5 aromatic rings. The Kier molecular flexibility index (Phi) is 6.76. The van der Waals surface area contributed by atoms with Crippen molar-refractivity contribution in [3.8, 4) is 17.1 Å². The van der Waals surface area contributed by atoms with Crippen LogP contribution in [0.15, 0.2) is 77.3 Å². The SMILES string of the molecule is COc1ccc(Cl)cc1CN1CCN(c2cc(Nc3ccc(C(=O)O)cc3)c3c4c(onc24)-c2ccccc2C3=O)CC1. The third-order valence-electron chi connectivity index (χ3n) is 8.14. The summed E-state index contributed by atoms with van der Waals surface area (Å²) >= 11 is 6.26. The predicted octanol–water partition coefficient (Wildman–Crippen LogP) is 6.47. The first kappa shape index (κ1) is 27.0. The number of anilines is 3. The molecule has 2 aliphatic rings. The van der Waals surface area contributed by atoms with Gasteiger partial charge in [-0.15, -0.1) is 0 Å². The number of rotatable bonds is 7. The van der Waals surface area contributed by atoms with Crippen LogP contribution >= 0.6 is 11.6 Å². The number of carboxylic acids is 1. The van der Waals surface area contributed by atoms with Gasteiger partial charge in [-0.05, 0) is 48.5 Å². The highest BCUT2D eigenvalue weighted by molar-refractivity contribution is 6.30. The molecule has 2 heterocycles. The third kappa shape index (κ3) is 4.76. The molecule has 1 aromatic heterocycles. The number of benzene rings is 4. The fraction of sp³-hybridized carbons (Fsp3) is 0.182. The molecule has 10 heteroatoms. The van der Waals surface area contributed by atoms with Crippen molar-refractivity contribution < 1.29 is 24.0 Å². The van der Waals surface area contributed by atoms with E-state index in [1.165, 1.54) is 12.1 Å². The van der Waals surface area contributed by atoms with E-state index in [0.717, 1.165) is 48.7 Å². The van der Waals surface area contributed by atoms with Crippen LogP contribution in [0.5, 0.6) is 5.75 Å². The molecule has 43 heavy (non-hydrogen) atoms. The second-order valence-electron chi connectivity index (χ2n) is 10.7. The van der Waals surface area contributed by atoms with E-state index in [0.29, 0.717) is 50.7 Å². The molecule has 0 bridgehead atoms. The van der Waals surface area contributed by atoms with E-state index in [1.54, 1.807) is 25.3 Å². The van der Waals surface area contributed by atoms with E-state index >= 15 is 0 Å². The first-order chi connectivity index (χ1) is 20.9. The normalized spacial score (nSPS) is 14.6. The average Bonchev–Trinajstić information content (AvgIpc) is 3.46. The number of carbonyl (C=O) groups excluding carboxylic acids is 1. The Balaban J connectivity index is 1.25. The number of nitrogens with zero attached hydrogens (tertiary/aromatic N) is 3. The summed E-state index contributed by atoms with van der Waals surface area (Å²) in [5, 5.41) is 18.6. The van der Waals surface area contributed by atoms with E-state index in [9.17, 15) is 14.7 Å². The van der Waals surface area contributed by atoms with Gasteiger partial charge in [0.2, 0.25) is 0 Å². The number of hydrogen-bond acceptors (Lipinski definition) is 8. The van der Waals surface area contributed by atoms with E-state index < -0.39 is 5.97 Å². The van der Waals surface area contributed by atoms with Crippen LogP contribution in [0.4, 0.5) is 17.1 Å². The Labute approximate surface area is 252 Å². The lowest BCUT2D eigenvalue weighted by molar-refractivity contribution is 0.0696. The zero-order valence-corrected chi connectivity index (χ0v) is 24.0. The summed E-state index contributed by atoms with van der Waals surface area (Å²) in [4.78, 5) is 29.9. The van der Waals surface area contributed by atoms with Crippen LogP contribution in [0.2, 0.25) is 5.02 Å². The van der Waals surface area contributed by atoms with Gasteiger partial charge in [-0.3, -0.25) is 9.69 Å². The van der Waals surface area contributed by atoms with Crippen molar-refractivity contribution in [3.05, 3.63) is 100 Å². The predicted molar refractivity (Wildman–Crippen MR) is 165 cm³/mol. The van der Waals surface area contributed by atoms with Crippen molar-refractivity contribution in [2.75, 3.05) is 43.5 Å². The number of ether oxygens (including phenoxy) is 1. The number of piperazine rings is 1. The smallest absolute Gasteiger partial charge is 0.335 e. The van der Waals surface area contributed by atoms with E-state index in [4.69, 9.17) is 20.9 Å². The minimum atomic E-state index is -1.00. The van der Waals surface area contributed by atoms with Crippen molar-refractivity contribution in [1.29, 1.82) is 0 Å². The van der Waals surface area contributed by atoms with Crippen LogP contribution < -0.4 is 15.0 Å². The first-order valence-corrected chi connectivity index (χ1v) is 14.3. The lowest BCUT2D eigenvalue weighted by Crippen LogP contribution is -2.46. The number of aromatic carboxylic acids is 1. The van der Waals surface area contributed by atoms with Crippen LogP contribution in [0.25, 0.3) is 22.2 Å². The average molecular weight is 595 g/mol. The summed E-state index contributed by atoms with van der Waals surface area (Å²) in [6.45, 7) is 3.77. The Hall–Kier alpha value is -4.86. The largest absolute Gasteiger partial charge is 0.496 e. The van der Waals surface area contributed by atoms with Gasteiger partial charge < -0.3 is 24.6 Å². The molecule has 0 atom stereocenters. The molecule has 0 spiro atoms. The lowest BCUT2D eigenvalue weighted by Gasteiger charge is -2.36. The highest BCUT2D eigenvalue weighted by atomic mass is 35.5. The molecule has 0 amide bonds. The summed E-state index contributed by atoms with van der Waals surface area (Å²) in [5.74, 6) is 0.260. The molecule has 1 fully saturated rings. The molecule has 4 aromatic carbocycles. The molecular formula is C33H27ClN4O5. The molecule has 9 nitrogen and oxygen atoms in total. The Morgan fingerprint density at radius 3 is 2.49 bits per heavy atom. The highest BCUT2D eigenvalue weighted by Gasteiger charge is 2.34. The van der Waals surface area contributed by atoms with Gasteiger partial charge in [0.05, 0.1) is 35.0 Å². The maximum atomic E-state index is 13.9. The zero-order chi connectivity index (χ0) is 29.7. The standard InChI is InChI=1S/C33H27ClN4O5/c1-42-27-11-8-21(34)16-20(27)18-37-12-14-38(15-13-37)26-17-25(35-22-9-6-19(7-10-22)33(40)41)28-29-30(26)36-43-32(29)24-5-3-2-4-23(24)31(28)39/h2-11,16-17,35H,12-15,18H2,1H3,(H,40,41). The van der Waals surface area contributed by atoms with Crippen LogP contribution in [0.3, 0.4) is 0 Å². The molecule has 216 valence electrons. The fourth-order valence-corrected chi connectivity index (χ4v) is 6.19. The van der Waals surface area contributed by atoms with Crippen molar-refractivity contribution in [3.63, 3.8) is 0 Å². The van der Waals surface area contributed by atoms with Crippen LogP contribution in [-0.4, -0.2) is 60.2 Å². The number of halogens is 1. The summed E-state index contributed by atoms with van der Waals surface area (Å²) < 4.78 is 11.5. The van der Waals surface area contributed by atoms with Gasteiger partial charge in [0.15, 0.2) is 11.5 Å². The number of aromatic nitrogens is 1. The topological polar surface area (TPSA) is 108 Å². The second kappa shape index (κ2) is 10.8. The number of carboxylic acid groups (broad SMARTS) is 1. The molecule has 2 N–H and O–H groups in total. The molecular weight excluding hydrogens is 568 g/mol. The monoisotopic (exact) mass is 594 g/mol. The molecule has 0 saturated carbocycles. The summed E-state index contributed by atoms with van der Waals surface area (Å²) in [6.07, 6.45) is 0. The van der Waals surface area contributed by atoms with Crippen LogP contribution in [0.1, 0.15) is 31.8 Å². The Bertz CT molecular complexity index is 1890. The zero-order valence-electron chi connectivity index (χ0n) is 23.3. The van der Waals surface area contributed by atoms with Crippen molar-refractivity contribution >= 4 is 51.3 Å². The van der Waals surface area contributed by atoms with E-state index in [1.807, 2.05) is 42.5 Å². The number of hydrogen-bond donors (Lipinski definition) is 2. The van der Waals surface area contributed by atoms with E-state index in [-0.39, 0.29) is 11.3 Å². The van der Waals surface area contributed by atoms with Gasteiger partial charge in [0.1, 0.15) is 11.3 Å². The third-order valence-corrected chi connectivity index (χ3v) is 8.37. The maximum Gasteiger partial charge on any atom is 0.335 e. The van der Waals surface area contributed by atoms with Gasteiger partial charge in [0.25, 0.3) is 0 Å². The van der Waals surface area contributed by atoms with E-state index in [2.05, 4.69) is 20.3 Å². The summed E-state index contributed by atoms with van der Waals surface area (Å²) in [6, 6.07) is 21.5. The molecule has 1 aliphatic carbocycles. The highest BCUT2D eigenvalue weighted by Crippen LogP contribution is 2.46. The van der Waals surface area contributed by atoms with Crippen molar-refractivity contribution in [1.82, 2.24) is 10.1 Å². The number of nitrogens with one attached hydrogen (secondary N) is 1. The molecule has 0 radical (unpaired) electrons. The number of fused-ring (bicyclic) bond motifs is 2. The lowest BCUT2D eigenvalue weighted by atomic mass is 9.86. The second-order valence-corrected chi connectivity index (χ2v) is 11.1. The van der Waals surface area contributed by atoms with Gasteiger partial charge in [0, 0.05) is 60.1 Å². The fourth-order valence-electron chi connectivity index (χ4n) is 5.99. The van der Waals surface area contributed by atoms with Gasteiger partial charge in [-0.2, -0.15) is 0 Å². The minimum Gasteiger partial charge on any atom is -0.496 e. The Morgan fingerprint density at radius 2 is 1.77 bits per heavy atom. The molecule has 7 rings (SSSR count). The first-order valence-electron chi connectivity index (χ1n) is 13.9. The minimum absolute atomic E-state index is 0.118. The van der Waals surface area contributed by atoms with Crippen LogP contribution in [-0.2, 0) is 6.54 Å². The maximum absolute atomic E-state index is 13.9. The van der Waals surface area contributed by atoms with Crippen LogP contribution in [0, 0.1) is 0 Å². The summed E-state index contributed by atoms with van der Waals surface area (Å²) in [7, 11) is 1.66. The Morgan fingerprint density at radius 1 is 1.02 bits per heavy atom. The summed E-state index contributed by atoms with van der Waals surface area (Å²) in [5.41, 5.74) is 5.76. The molecule has 1 saturated heterocycles. The number of carbonyl (C=O) groups is 2. The number of methoxy groups -OCH3 is 1. The van der Waals surface area contributed by atoms with Crippen molar-refractivity contribution in [2.24, 2.45) is 0 Å².